The van der Waals surface area contributed by atoms with E-state index in [2.05, 4.69) is 16.7 Å². The van der Waals surface area contributed by atoms with E-state index in [4.69, 9.17) is 10.5 Å². The average molecular weight is 471 g/mol. The largest absolute Gasteiger partial charge is 0.369 e. The highest BCUT2D eigenvalue weighted by atomic mass is 16.5. The van der Waals surface area contributed by atoms with Gasteiger partial charge in [-0.15, -0.1) is 0 Å². The number of hydrogen-bond acceptors (Lipinski definition) is 6. The van der Waals surface area contributed by atoms with Gasteiger partial charge in [0.25, 0.3) is 0 Å². The number of nitrogens with zero attached hydrogens (tertiary/aromatic N) is 3. The summed E-state index contributed by atoms with van der Waals surface area (Å²) in [7, 11) is 0. The molecule has 1 aromatic rings. The third-order valence-electron chi connectivity index (χ3n) is 7.40. The fourth-order valence-electron chi connectivity index (χ4n) is 5.73. The summed E-state index contributed by atoms with van der Waals surface area (Å²) in [6.07, 6.45) is 1.57. The van der Waals surface area contributed by atoms with Crippen LogP contribution in [0.1, 0.15) is 62.4 Å². The number of amides is 2. The van der Waals surface area contributed by atoms with Crippen molar-refractivity contribution in [2.24, 2.45) is 11.1 Å². The molecule has 3 atom stereocenters. The third kappa shape index (κ3) is 4.70. The van der Waals surface area contributed by atoms with E-state index in [1.165, 1.54) is 0 Å². The van der Waals surface area contributed by atoms with Gasteiger partial charge < -0.3 is 20.3 Å². The van der Waals surface area contributed by atoms with E-state index >= 15 is 0 Å². The predicted octanol–water partition coefficient (Wildman–Crippen LogP) is 2.02. The number of ketones is 1. The Morgan fingerprint density at radius 3 is 2.47 bits per heavy atom. The fourth-order valence-corrected chi connectivity index (χ4v) is 5.73. The van der Waals surface area contributed by atoms with E-state index in [0.29, 0.717) is 24.1 Å². The van der Waals surface area contributed by atoms with Crippen LogP contribution in [-0.4, -0.2) is 85.4 Å². The highest BCUT2D eigenvalue weighted by Gasteiger charge is 2.50. The zero-order valence-corrected chi connectivity index (χ0v) is 20.9. The second kappa shape index (κ2) is 9.66. The lowest BCUT2D eigenvalue weighted by Gasteiger charge is -2.38. The molecule has 0 aromatic heterocycles. The lowest BCUT2D eigenvalue weighted by molar-refractivity contribution is -0.139. The van der Waals surface area contributed by atoms with Gasteiger partial charge in [0.1, 0.15) is 12.6 Å². The number of anilines is 1. The Bertz CT molecular complexity index is 949. The number of nitrogens with two attached hydrogens (primary N) is 1. The molecule has 0 radical (unpaired) electrons. The molecule has 0 bridgehead atoms. The van der Waals surface area contributed by atoms with Gasteiger partial charge in [0.15, 0.2) is 5.78 Å². The van der Waals surface area contributed by atoms with Gasteiger partial charge in [-0.25, -0.2) is 0 Å². The van der Waals surface area contributed by atoms with Crippen LogP contribution in [0.15, 0.2) is 18.2 Å². The molecule has 0 spiro atoms. The number of hydrogen-bond donors (Lipinski definition) is 1. The average Bonchev–Trinajstić information content (AvgIpc) is 3.36. The smallest absolute Gasteiger partial charge is 0.249 e. The first-order valence-electron chi connectivity index (χ1n) is 12.5. The Labute approximate surface area is 202 Å². The molecular formula is C26H38N4O4. The van der Waals surface area contributed by atoms with Gasteiger partial charge in [0.2, 0.25) is 11.8 Å². The first-order chi connectivity index (χ1) is 16.1. The zero-order valence-electron chi connectivity index (χ0n) is 20.9. The molecule has 3 aliphatic heterocycles. The number of piperazine rings is 1. The molecule has 186 valence electrons. The Balaban J connectivity index is 1.68. The number of fused-ring (bicyclic) bond motifs is 1. The predicted molar refractivity (Wildman–Crippen MR) is 131 cm³/mol. The van der Waals surface area contributed by atoms with Gasteiger partial charge in [0.05, 0.1) is 12.0 Å². The molecule has 3 saturated heterocycles. The summed E-state index contributed by atoms with van der Waals surface area (Å²) in [4.78, 5) is 45.4. The molecule has 34 heavy (non-hydrogen) atoms. The van der Waals surface area contributed by atoms with Crippen molar-refractivity contribution < 1.29 is 19.1 Å². The Morgan fingerprint density at radius 2 is 1.85 bits per heavy atom. The first kappa shape index (κ1) is 24.7. The van der Waals surface area contributed by atoms with Crippen molar-refractivity contribution in [3.8, 4) is 0 Å². The fraction of sp³-hybridized carbons (Fsp3) is 0.654. The number of benzene rings is 1. The monoisotopic (exact) mass is 470 g/mol. The minimum Gasteiger partial charge on any atom is -0.369 e. The van der Waals surface area contributed by atoms with Crippen LogP contribution in [0, 0.1) is 5.41 Å². The molecule has 0 saturated carbocycles. The molecule has 0 aliphatic carbocycles. The summed E-state index contributed by atoms with van der Waals surface area (Å²) in [5.41, 5.74) is 7.30. The lowest BCUT2D eigenvalue weighted by Crippen LogP contribution is -2.47. The van der Waals surface area contributed by atoms with E-state index in [-0.39, 0.29) is 24.4 Å². The van der Waals surface area contributed by atoms with E-state index in [1.807, 2.05) is 32.9 Å². The maximum absolute atomic E-state index is 14.0. The summed E-state index contributed by atoms with van der Waals surface area (Å²) in [6.45, 7) is 13.6. The van der Waals surface area contributed by atoms with Crippen molar-refractivity contribution in [3.63, 3.8) is 0 Å². The molecule has 8 nitrogen and oxygen atoms in total. The topological polar surface area (TPSA) is 96.2 Å². The summed E-state index contributed by atoms with van der Waals surface area (Å²) in [5, 5.41) is 0. The standard InChI is InChI=1S/C26H38N4O4/c1-5-9-28-11-13-29(14-12-28)17-6-7-18(24(27)32)19(15-17)22(26(2,3)4)25(33)30-10-8-21-23(30)20(31)16-34-21/h6-7,15,21-23H,5,8-14,16H2,1-4H3,(H2,27,32)/t21-,22+,23-/m1/s1. The van der Waals surface area contributed by atoms with Crippen molar-refractivity contribution >= 4 is 23.3 Å². The van der Waals surface area contributed by atoms with Crippen molar-refractivity contribution in [3.05, 3.63) is 29.3 Å². The van der Waals surface area contributed by atoms with Crippen molar-refractivity contribution in [1.29, 1.82) is 0 Å². The molecular weight excluding hydrogens is 432 g/mol. The summed E-state index contributed by atoms with van der Waals surface area (Å²) < 4.78 is 5.60. The number of Topliss-reactive ketones (excluding diaryl/α,β-unsaturated/α-hetero) is 1. The van der Waals surface area contributed by atoms with Gasteiger partial charge in [-0.05, 0) is 48.6 Å². The number of rotatable bonds is 6. The number of carbonyl (C=O) groups excluding carboxylic acids is 3. The van der Waals surface area contributed by atoms with Crippen LogP contribution in [0.4, 0.5) is 5.69 Å². The van der Waals surface area contributed by atoms with Crippen LogP contribution in [0.25, 0.3) is 0 Å². The van der Waals surface area contributed by atoms with Gasteiger partial charge in [0, 0.05) is 44.0 Å². The van der Waals surface area contributed by atoms with Gasteiger partial charge in [-0.2, -0.15) is 0 Å². The summed E-state index contributed by atoms with van der Waals surface area (Å²) >= 11 is 0. The molecule has 0 unspecified atom stereocenters. The number of likely N-dealkylation sites (tertiary alicyclic amines) is 1. The van der Waals surface area contributed by atoms with Crippen LogP contribution in [0.2, 0.25) is 0 Å². The minimum atomic E-state index is -0.608. The van der Waals surface area contributed by atoms with E-state index in [0.717, 1.165) is 44.8 Å². The summed E-state index contributed by atoms with van der Waals surface area (Å²) in [6, 6.07) is 5.14. The van der Waals surface area contributed by atoms with Crippen molar-refractivity contribution in [2.75, 3.05) is 50.8 Å². The Kier molecular flexibility index (Phi) is 7.01. The minimum absolute atomic E-state index is 0.0441. The maximum atomic E-state index is 14.0. The molecule has 4 rings (SSSR count). The second-order valence-corrected chi connectivity index (χ2v) is 10.8. The SMILES string of the molecule is CCCN1CCN(c2ccc(C(N)=O)c([C@@H](C(=O)N3CC[C@H]4OCC(=O)[C@H]43)C(C)(C)C)c2)CC1. The van der Waals surface area contributed by atoms with Gasteiger partial charge in [-0.3, -0.25) is 19.3 Å². The third-order valence-corrected chi connectivity index (χ3v) is 7.40. The highest BCUT2D eigenvalue weighted by Crippen LogP contribution is 2.42. The van der Waals surface area contributed by atoms with Crippen LogP contribution >= 0.6 is 0 Å². The zero-order chi connectivity index (χ0) is 24.6. The van der Waals surface area contributed by atoms with Gasteiger partial charge in [-0.1, -0.05) is 27.7 Å². The Hall–Kier alpha value is -2.45. The molecule has 2 N–H and O–H groups in total. The first-order valence-corrected chi connectivity index (χ1v) is 12.5. The number of primary amides is 1. The Morgan fingerprint density at radius 1 is 1.15 bits per heavy atom. The maximum Gasteiger partial charge on any atom is 0.249 e. The molecule has 8 heteroatoms. The molecule has 3 fully saturated rings. The van der Waals surface area contributed by atoms with E-state index < -0.39 is 23.3 Å². The van der Waals surface area contributed by atoms with Crippen molar-refractivity contribution in [2.45, 2.75) is 58.6 Å². The van der Waals surface area contributed by atoms with Crippen molar-refractivity contribution in [1.82, 2.24) is 9.80 Å². The van der Waals surface area contributed by atoms with E-state index in [9.17, 15) is 14.4 Å². The second-order valence-electron chi connectivity index (χ2n) is 10.8. The van der Waals surface area contributed by atoms with Crippen LogP contribution in [-0.2, 0) is 14.3 Å². The number of ether oxygens (including phenoxy) is 1. The molecule has 3 heterocycles. The molecule has 3 aliphatic rings. The lowest BCUT2D eigenvalue weighted by atomic mass is 9.73. The van der Waals surface area contributed by atoms with E-state index in [1.54, 1.807) is 11.0 Å². The van der Waals surface area contributed by atoms with Crippen LogP contribution < -0.4 is 10.6 Å². The normalized spacial score (nSPS) is 24.4. The summed E-state index contributed by atoms with van der Waals surface area (Å²) in [5.74, 6) is -1.33. The highest BCUT2D eigenvalue weighted by molar-refractivity contribution is 5.99. The van der Waals surface area contributed by atoms with Gasteiger partial charge >= 0.3 is 0 Å². The number of carbonyl (C=O) groups is 3. The quantitative estimate of drug-likeness (QED) is 0.683. The van der Waals surface area contributed by atoms with Crippen LogP contribution in [0.3, 0.4) is 0 Å². The van der Waals surface area contributed by atoms with Crippen LogP contribution in [0.5, 0.6) is 0 Å². The molecule has 1 aromatic carbocycles. The molecule has 2 amide bonds.